The molecule has 8 rings (SSSR count). The predicted octanol–water partition coefficient (Wildman–Crippen LogP) is 5.87. The van der Waals surface area contributed by atoms with Gasteiger partial charge in [0.2, 0.25) is 23.6 Å². The number of hydrogen-bond donors (Lipinski definition) is 2. The first-order valence-corrected chi connectivity index (χ1v) is 17.1. The summed E-state index contributed by atoms with van der Waals surface area (Å²) < 4.78 is 6.01. The smallest absolute Gasteiger partial charge is 0.328 e. The van der Waals surface area contributed by atoms with E-state index in [2.05, 4.69) is 0 Å². The lowest BCUT2D eigenvalue weighted by atomic mass is 9.49. The van der Waals surface area contributed by atoms with Crippen molar-refractivity contribution in [3.63, 3.8) is 0 Å². The van der Waals surface area contributed by atoms with E-state index in [1.54, 1.807) is 60.7 Å². The number of imide groups is 4. The first-order valence-electron chi connectivity index (χ1n) is 16.7. The molecule has 4 aromatic rings. The third kappa shape index (κ3) is 4.88. The number of carbonyl (C=O) groups is 5. The molecule has 3 fully saturated rings. The lowest BCUT2D eigenvalue weighted by Gasteiger charge is -2.50. The second kappa shape index (κ2) is 12.2. The number of amides is 6. The van der Waals surface area contributed by atoms with Gasteiger partial charge in [-0.2, -0.15) is 4.90 Å². The van der Waals surface area contributed by atoms with Crippen LogP contribution in [0.2, 0.25) is 5.02 Å². The van der Waals surface area contributed by atoms with Crippen molar-refractivity contribution in [3.8, 4) is 11.5 Å². The molecule has 2 heterocycles. The number of phenols is 1. The molecule has 2 aliphatic carbocycles. The van der Waals surface area contributed by atoms with E-state index in [1.807, 2.05) is 42.5 Å². The fraction of sp³-hybridized carbons (Fsp3) is 0.225. The number of urea groups is 1. The van der Waals surface area contributed by atoms with E-state index in [9.17, 15) is 24.3 Å². The fourth-order valence-corrected chi connectivity index (χ4v) is 9.09. The number of fused-ring (bicyclic) bond motifs is 4. The van der Waals surface area contributed by atoms with Crippen molar-refractivity contribution >= 4 is 46.9 Å². The fourth-order valence-electron chi connectivity index (χ4n) is 8.90. The maximum atomic E-state index is 15.3. The third-order valence-electron chi connectivity index (χ3n) is 10.9. The number of hydrogen-bond acceptors (Lipinski definition) is 7. The van der Waals surface area contributed by atoms with Gasteiger partial charge in [-0.05, 0) is 54.2 Å². The van der Waals surface area contributed by atoms with Crippen molar-refractivity contribution in [2.75, 3.05) is 4.90 Å². The van der Waals surface area contributed by atoms with Crippen LogP contribution in [-0.4, -0.2) is 39.7 Å². The van der Waals surface area contributed by atoms with Crippen LogP contribution in [0.25, 0.3) is 0 Å². The van der Waals surface area contributed by atoms with Crippen LogP contribution in [0.15, 0.2) is 115 Å². The Morgan fingerprint density at radius 2 is 1.59 bits per heavy atom. The van der Waals surface area contributed by atoms with E-state index in [4.69, 9.17) is 22.1 Å². The van der Waals surface area contributed by atoms with Gasteiger partial charge in [-0.15, -0.1) is 0 Å². The van der Waals surface area contributed by atoms with Crippen LogP contribution in [0.1, 0.15) is 35.4 Å². The van der Waals surface area contributed by atoms with E-state index >= 15 is 4.79 Å². The lowest BCUT2D eigenvalue weighted by Crippen LogP contribution is -2.53. The molecule has 4 aliphatic rings. The van der Waals surface area contributed by atoms with Gasteiger partial charge >= 0.3 is 6.03 Å². The number of carbonyl (C=O) groups excluding carboxylic acids is 5. The minimum atomic E-state index is -1.57. The first-order chi connectivity index (χ1) is 24.6. The molecular weight excluding hydrogens is 670 g/mol. The van der Waals surface area contributed by atoms with Crippen LogP contribution >= 0.6 is 11.6 Å². The van der Waals surface area contributed by atoms with E-state index in [1.165, 1.54) is 6.07 Å². The molecule has 256 valence electrons. The van der Waals surface area contributed by atoms with E-state index in [-0.39, 0.29) is 30.9 Å². The minimum Gasteiger partial charge on any atom is -0.508 e. The Bertz CT molecular complexity index is 2160. The van der Waals surface area contributed by atoms with Crippen molar-refractivity contribution in [1.82, 2.24) is 4.90 Å². The maximum Gasteiger partial charge on any atom is 0.328 e. The second-order valence-corrected chi connectivity index (χ2v) is 13.9. The Balaban J connectivity index is 1.33. The normalized spacial score (nSPS) is 26.8. The number of benzene rings is 4. The molecule has 4 aromatic carbocycles. The molecule has 0 bridgehead atoms. The Morgan fingerprint density at radius 3 is 2.27 bits per heavy atom. The van der Waals surface area contributed by atoms with Gasteiger partial charge in [0.05, 0.1) is 28.9 Å². The number of halogens is 1. The SMILES string of the molecule is NC(=O)N1C(=O)[C@H]2[C@H](CC=C3[C@H]2C[C@H]2C(=O)N(c4cccc(Cl)c4)C(=O)[C@@]2(c2ccccc2)[C@H]3c2ccc(OCc3ccccc3)cc2O)C1=O. The molecule has 1 saturated carbocycles. The molecule has 0 radical (unpaired) electrons. The summed E-state index contributed by atoms with van der Waals surface area (Å²) in [7, 11) is 0. The predicted molar refractivity (Wildman–Crippen MR) is 186 cm³/mol. The van der Waals surface area contributed by atoms with E-state index in [0.717, 1.165) is 10.5 Å². The van der Waals surface area contributed by atoms with Crippen molar-refractivity contribution in [3.05, 3.63) is 136 Å². The molecule has 0 spiro atoms. The summed E-state index contributed by atoms with van der Waals surface area (Å²) in [4.78, 5) is 71.2. The average Bonchev–Trinajstić information content (AvgIpc) is 3.52. The van der Waals surface area contributed by atoms with Crippen molar-refractivity contribution in [2.45, 2.75) is 30.8 Å². The summed E-state index contributed by atoms with van der Waals surface area (Å²) >= 11 is 6.36. The van der Waals surface area contributed by atoms with Gasteiger partial charge < -0.3 is 15.6 Å². The van der Waals surface area contributed by atoms with Gasteiger partial charge in [0.15, 0.2) is 0 Å². The molecule has 51 heavy (non-hydrogen) atoms. The Labute approximate surface area is 298 Å². The van der Waals surface area contributed by atoms with E-state index in [0.29, 0.717) is 32.4 Å². The average molecular weight is 702 g/mol. The summed E-state index contributed by atoms with van der Waals surface area (Å²) in [5.74, 6) is -6.75. The number of likely N-dealkylation sites (tertiary alicyclic amines) is 1. The Morgan fingerprint density at radius 1 is 0.863 bits per heavy atom. The molecule has 3 N–H and O–H groups in total. The highest BCUT2D eigenvalue weighted by Crippen LogP contribution is 2.65. The zero-order chi connectivity index (χ0) is 35.6. The van der Waals surface area contributed by atoms with Crippen LogP contribution < -0.4 is 15.4 Å². The molecule has 0 aromatic heterocycles. The molecule has 2 saturated heterocycles. The highest BCUT2D eigenvalue weighted by atomic mass is 35.5. The molecule has 11 heteroatoms. The van der Waals surface area contributed by atoms with Crippen molar-refractivity contribution in [1.29, 1.82) is 0 Å². The largest absolute Gasteiger partial charge is 0.508 e. The number of primary amides is 1. The summed E-state index contributed by atoms with van der Waals surface area (Å²) in [6.07, 6.45) is 1.98. The van der Waals surface area contributed by atoms with Gasteiger partial charge in [-0.3, -0.25) is 19.2 Å². The zero-order valence-corrected chi connectivity index (χ0v) is 27.9. The van der Waals surface area contributed by atoms with Gasteiger partial charge in [0.25, 0.3) is 0 Å². The zero-order valence-electron chi connectivity index (χ0n) is 27.1. The highest BCUT2D eigenvalue weighted by Gasteiger charge is 2.70. The molecule has 6 amide bonds. The third-order valence-corrected chi connectivity index (χ3v) is 11.2. The van der Waals surface area contributed by atoms with Crippen LogP contribution in [0.4, 0.5) is 10.5 Å². The minimum absolute atomic E-state index is 0.0324. The summed E-state index contributed by atoms with van der Waals surface area (Å²) in [5, 5.41) is 12.2. The number of nitrogens with two attached hydrogens (primary N) is 1. The Kier molecular flexibility index (Phi) is 7.79. The topological polar surface area (TPSA) is 147 Å². The standard InChI is InChI=1S/C40H32ClN3O7/c41-24-12-7-13-25(18-24)43-36(47)31-20-30-27(16-17-29-33(30)37(48)44(35(29)46)39(42)50)34(40(31,38(43)49)23-10-5-2-6-11-23)28-15-14-26(19-32(28)45)51-21-22-8-3-1-4-9-22/h1-16,18-19,29-31,33-34,45H,17,20-21H2,(H2,42,50)/t29-,30+,31-,33-,34+,40+/m0/s1. The number of rotatable bonds is 6. The van der Waals surface area contributed by atoms with Gasteiger partial charge in [-0.25, -0.2) is 9.69 Å². The Hall–Kier alpha value is -5.74. The summed E-state index contributed by atoms with van der Waals surface area (Å²) in [6, 6.07) is 28.7. The quantitative estimate of drug-likeness (QED) is 0.189. The maximum absolute atomic E-state index is 15.3. The van der Waals surface area contributed by atoms with E-state index < -0.39 is 64.7 Å². The number of aromatic hydroxyl groups is 1. The summed E-state index contributed by atoms with van der Waals surface area (Å²) in [6.45, 7) is 0.253. The first kappa shape index (κ1) is 32.5. The highest BCUT2D eigenvalue weighted by molar-refractivity contribution is 6.32. The van der Waals surface area contributed by atoms with Crippen molar-refractivity contribution in [2.24, 2.45) is 29.4 Å². The molecule has 2 aliphatic heterocycles. The summed E-state index contributed by atoms with van der Waals surface area (Å²) in [5.41, 5.74) is 6.68. The number of anilines is 1. The molecule has 10 nitrogen and oxygen atoms in total. The number of allylic oxidation sites excluding steroid dienone is 2. The lowest BCUT2D eigenvalue weighted by molar-refractivity contribution is -0.136. The van der Waals surface area contributed by atoms with Crippen LogP contribution in [0.3, 0.4) is 0 Å². The van der Waals surface area contributed by atoms with Gasteiger partial charge in [0, 0.05) is 22.6 Å². The number of phenolic OH excluding ortho intramolecular Hbond substituents is 1. The number of ether oxygens (including phenoxy) is 1. The monoisotopic (exact) mass is 701 g/mol. The van der Waals surface area contributed by atoms with Crippen molar-refractivity contribution < 1.29 is 33.8 Å². The molecule has 0 unspecified atom stereocenters. The van der Waals surface area contributed by atoms with Crippen LogP contribution in [0.5, 0.6) is 11.5 Å². The second-order valence-electron chi connectivity index (χ2n) is 13.4. The van der Waals surface area contributed by atoms with Gasteiger partial charge in [-0.1, -0.05) is 96.0 Å². The molecule has 6 atom stereocenters. The van der Waals surface area contributed by atoms with Crippen LogP contribution in [-0.2, 0) is 31.2 Å². The van der Waals surface area contributed by atoms with Gasteiger partial charge in [0.1, 0.15) is 18.1 Å². The van der Waals surface area contributed by atoms with Crippen LogP contribution in [0, 0.1) is 23.7 Å². The number of nitrogens with zero attached hydrogens (tertiary/aromatic N) is 2. The molecular formula is C40H32ClN3O7.